The lowest BCUT2D eigenvalue weighted by Gasteiger charge is -2.24. The van der Waals surface area contributed by atoms with Crippen molar-refractivity contribution in [2.24, 2.45) is 5.92 Å². The van der Waals surface area contributed by atoms with Crippen molar-refractivity contribution in [1.29, 1.82) is 0 Å². The average molecular weight is 298 g/mol. The molecule has 0 atom stereocenters. The minimum Gasteiger partial charge on any atom is -0.361 e. The molecule has 1 aromatic carbocycles. The van der Waals surface area contributed by atoms with Gasteiger partial charge in [-0.05, 0) is 43.2 Å². The van der Waals surface area contributed by atoms with Crippen LogP contribution in [0.3, 0.4) is 0 Å². The second-order valence-electron chi connectivity index (χ2n) is 6.88. The fourth-order valence-electron chi connectivity index (χ4n) is 3.15. The van der Waals surface area contributed by atoms with Gasteiger partial charge in [0.2, 0.25) is 5.91 Å². The lowest BCUT2D eigenvalue weighted by atomic mass is 10.1. The maximum Gasteiger partial charge on any atom is 0.222 e. The van der Waals surface area contributed by atoms with E-state index in [0.717, 1.165) is 19.4 Å². The van der Waals surface area contributed by atoms with Gasteiger partial charge in [0.25, 0.3) is 0 Å². The number of nitrogens with zero attached hydrogens (tertiary/aromatic N) is 1. The van der Waals surface area contributed by atoms with Gasteiger partial charge in [-0.1, -0.05) is 32.0 Å². The summed E-state index contributed by atoms with van der Waals surface area (Å²) in [5, 5.41) is 1.29. The van der Waals surface area contributed by atoms with Gasteiger partial charge in [0.15, 0.2) is 0 Å². The summed E-state index contributed by atoms with van der Waals surface area (Å²) in [5.74, 6) is 0.897. The predicted molar refractivity (Wildman–Crippen MR) is 90.8 cm³/mol. The molecule has 118 valence electrons. The number of aryl methyl sites for hydroxylation is 1. The largest absolute Gasteiger partial charge is 0.361 e. The van der Waals surface area contributed by atoms with Gasteiger partial charge in [-0.15, -0.1) is 0 Å². The van der Waals surface area contributed by atoms with Gasteiger partial charge < -0.3 is 9.88 Å². The molecule has 0 spiro atoms. The van der Waals surface area contributed by atoms with E-state index in [0.29, 0.717) is 24.3 Å². The summed E-state index contributed by atoms with van der Waals surface area (Å²) in [5.41, 5.74) is 2.51. The number of amides is 1. The molecule has 0 unspecified atom stereocenters. The van der Waals surface area contributed by atoms with Gasteiger partial charge in [-0.25, -0.2) is 0 Å². The fourth-order valence-corrected chi connectivity index (χ4v) is 3.15. The number of nitrogens with one attached hydrogen (secondary N) is 1. The van der Waals surface area contributed by atoms with E-state index in [-0.39, 0.29) is 0 Å². The summed E-state index contributed by atoms with van der Waals surface area (Å²) < 4.78 is 0. The molecule has 0 aliphatic heterocycles. The van der Waals surface area contributed by atoms with Gasteiger partial charge in [0.05, 0.1) is 0 Å². The van der Waals surface area contributed by atoms with Gasteiger partial charge in [0.1, 0.15) is 0 Å². The Hall–Kier alpha value is -1.77. The first kappa shape index (κ1) is 15.1. The second-order valence-corrected chi connectivity index (χ2v) is 6.88. The Morgan fingerprint density at radius 3 is 2.82 bits per heavy atom. The molecule has 3 rings (SSSR count). The summed E-state index contributed by atoms with van der Waals surface area (Å²) in [6, 6.07) is 8.90. The lowest BCUT2D eigenvalue weighted by Crippen LogP contribution is -2.36. The number of aromatic nitrogens is 1. The first-order valence-electron chi connectivity index (χ1n) is 8.49. The maximum absolute atomic E-state index is 12.5. The number of rotatable bonds is 7. The zero-order chi connectivity index (χ0) is 15.5. The van der Waals surface area contributed by atoms with Crippen LogP contribution in [0.2, 0.25) is 0 Å². The van der Waals surface area contributed by atoms with E-state index in [2.05, 4.69) is 48.1 Å². The number of aromatic amines is 1. The van der Waals surface area contributed by atoms with Crippen LogP contribution in [0.1, 0.15) is 45.1 Å². The third kappa shape index (κ3) is 3.52. The molecule has 0 radical (unpaired) electrons. The molecular weight excluding hydrogens is 272 g/mol. The molecule has 1 aromatic heterocycles. The minimum absolute atomic E-state index is 0.344. The number of benzene rings is 1. The second kappa shape index (κ2) is 6.55. The molecule has 1 aliphatic rings. The topological polar surface area (TPSA) is 36.1 Å². The third-order valence-corrected chi connectivity index (χ3v) is 4.38. The Balaban J connectivity index is 1.54. The van der Waals surface area contributed by atoms with E-state index in [4.69, 9.17) is 0 Å². The zero-order valence-corrected chi connectivity index (χ0v) is 13.6. The Labute approximate surface area is 132 Å². The molecule has 1 N–H and O–H groups in total. The van der Waals surface area contributed by atoms with Crippen molar-refractivity contribution >= 4 is 16.8 Å². The summed E-state index contributed by atoms with van der Waals surface area (Å²) in [6.45, 7) is 5.29. The van der Waals surface area contributed by atoms with Crippen LogP contribution in [-0.4, -0.2) is 28.4 Å². The molecule has 0 saturated heterocycles. The van der Waals surface area contributed by atoms with Crippen LogP contribution in [-0.2, 0) is 11.2 Å². The van der Waals surface area contributed by atoms with Crippen LogP contribution in [0, 0.1) is 5.92 Å². The van der Waals surface area contributed by atoms with Crippen LogP contribution in [0.25, 0.3) is 10.9 Å². The van der Waals surface area contributed by atoms with Crippen molar-refractivity contribution < 1.29 is 4.79 Å². The van der Waals surface area contributed by atoms with Crippen molar-refractivity contribution in [2.45, 2.75) is 52.0 Å². The summed E-state index contributed by atoms with van der Waals surface area (Å²) >= 11 is 0. The van der Waals surface area contributed by atoms with Crippen LogP contribution >= 0.6 is 0 Å². The summed E-state index contributed by atoms with van der Waals surface area (Å²) in [4.78, 5) is 17.9. The van der Waals surface area contributed by atoms with Crippen molar-refractivity contribution in [1.82, 2.24) is 9.88 Å². The third-order valence-electron chi connectivity index (χ3n) is 4.38. The van der Waals surface area contributed by atoms with Crippen molar-refractivity contribution in [3.8, 4) is 0 Å². The standard InChI is InChI=1S/C19H26N2O/c1-14(2)13-21(16-10-11-16)19(22)9-5-6-15-12-20-18-8-4-3-7-17(15)18/h3-4,7-8,12,14,16,20H,5-6,9-11,13H2,1-2H3. The molecular formula is C19H26N2O. The lowest BCUT2D eigenvalue weighted by molar-refractivity contribution is -0.132. The molecule has 1 amide bonds. The number of fused-ring (bicyclic) bond motifs is 1. The van der Waals surface area contributed by atoms with Crippen molar-refractivity contribution in [3.05, 3.63) is 36.0 Å². The van der Waals surface area contributed by atoms with E-state index in [1.54, 1.807) is 0 Å². The van der Waals surface area contributed by atoms with E-state index in [1.807, 2.05) is 6.07 Å². The number of carbonyl (C=O) groups is 1. The quantitative estimate of drug-likeness (QED) is 0.819. The summed E-state index contributed by atoms with van der Waals surface area (Å²) in [7, 11) is 0. The van der Waals surface area contributed by atoms with Gasteiger partial charge in [-0.3, -0.25) is 4.79 Å². The molecule has 1 saturated carbocycles. The predicted octanol–water partition coefficient (Wildman–Crippen LogP) is 4.14. The molecule has 3 heteroatoms. The van der Waals surface area contributed by atoms with E-state index in [9.17, 15) is 4.79 Å². The number of hydrogen-bond acceptors (Lipinski definition) is 1. The number of para-hydroxylation sites is 1. The number of carbonyl (C=O) groups excluding carboxylic acids is 1. The highest BCUT2D eigenvalue weighted by Gasteiger charge is 2.32. The molecule has 1 fully saturated rings. The Bertz CT molecular complexity index is 640. The van der Waals surface area contributed by atoms with Crippen LogP contribution in [0.5, 0.6) is 0 Å². The van der Waals surface area contributed by atoms with Gasteiger partial charge in [-0.2, -0.15) is 0 Å². The van der Waals surface area contributed by atoms with E-state index in [1.165, 1.54) is 29.3 Å². The van der Waals surface area contributed by atoms with Crippen LogP contribution < -0.4 is 0 Å². The minimum atomic E-state index is 0.344. The van der Waals surface area contributed by atoms with E-state index >= 15 is 0 Å². The molecule has 3 nitrogen and oxygen atoms in total. The highest BCUT2D eigenvalue weighted by molar-refractivity contribution is 5.83. The van der Waals surface area contributed by atoms with Gasteiger partial charge in [0, 0.05) is 36.1 Å². The number of hydrogen-bond donors (Lipinski definition) is 1. The van der Waals surface area contributed by atoms with E-state index < -0.39 is 0 Å². The van der Waals surface area contributed by atoms with Crippen molar-refractivity contribution in [2.75, 3.05) is 6.54 Å². The van der Waals surface area contributed by atoms with Gasteiger partial charge >= 0.3 is 0 Å². The molecule has 22 heavy (non-hydrogen) atoms. The Morgan fingerprint density at radius 2 is 2.09 bits per heavy atom. The van der Waals surface area contributed by atoms with Crippen LogP contribution in [0.15, 0.2) is 30.5 Å². The SMILES string of the molecule is CC(C)CN(C(=O)CCCc1c[nH]c2ccccc12)C1CC1. The average Bonchev–Trinajstić information content (AvgIpc) is 3.26. The molecule has 0 bridgehead atoms. The normalized spacial score (nSPS) is 14.7. The zero-order valence-electron chi connectivity index (χ0n) is 13.6. The number of H-pyrrole nitrogens is 1. The van der Waals surface area contributed by atoms with Crippen molar-refractivity contribution in [3.63, 3.8) is 0 Å². The summed E-state index contributed by atoms with van der Waals surface area (Å²) in [6.07, 6.45) is 7.05. The Kier molecular flexibility index (Phi) is 4.51. The molecule has 1 aliphatic carbocycles. The smallest absolute Gasteiger partial charge is 0.222 e. The first-order chi connectivity index (χ1) is 10.6. The highest BCUT2D eigenvalue weighted by atomic mass is 16.2. The first-order valence-corrected chi connectivity index (χ1v) is 8.49. The fraction of sp³-hybridized carbons (Fsp3) is 0.526. The maximum atomic E-state index is 12.5. The highest BCUT2D eigenvalue weighted by Crippen LogP contribution is 2.28. The van der Waals surface area contributed by atoms with Crippen LogP contribution in [0.4, 0.5) is 0 Å². The molecule has 2 aromatic rings. The Morgan fingerprint density at radius 1 is 1.32 bits per heavy atom. The monoisotopic (exact) mass is 298 g/mol. The molecule has 1 heterocycles.